The van der Waals surface area contributed by atoms with E-state index in [1.54, 1.807) is 19.3 Å². The summed E-state index contributed by atoms with van der Waals surface area (Å²) < 4.78 is 1.49. The summed E-state index contributed by atoms with van der Waals surface area (Å²) in [5, 5.41) is 17.4. The van der Waals surface area contributed by atoms with Crippen LogP contribution in [0.15, 0.2) is 36.0 Å². The summed E-state index contributed by atoms with van der Waals surface area (Å²) in [6.07, 6.45) is 5.93. The number of hydrogen-bond donors (Lipinski definition) is 2. The Bertz CT molecular complexity index is 631. The Labute approximate surface area is 119 Å². The van der Waals surface area contributed by atoms with E-state index >= 15 is 0 Å². The lowest BCUT2D eigenvalue weighted by molar-refractivity contribution is -0.141. The van der Waals surface area contributed by atoms with Crippen LogP contribution in [0.25, 0.3) is 6.08 Å². The number of carboxylic acid groups (broad SMARTS) is 1. The number of carbonyl (C=O) groups excluding carboxylic acids is 1. The molecule has 2 aromatic heterocycles. The maximum atomic E-state index is 11.7. The third-order valence-corrected chi connectivity index (χ3v) is 3.37. The van der Waals surface area contributed by atoms with Crippen molar-refractivity contribution in [2.45, 2.75) is 6.04 Å². The zero-order valence-electron chi connectivity index (χ0n) is 10.7. The summed E-state index contributed by atoms with van der Waals surface area (Å²) >= 11 is 1.49. The highest BCUT2D eigenvalue weighted by Gasteiger charge is 2.22. The predicted molar refractivity (Wildman–Crippen MR) is 75.1 cm³/mol. The van der Waals surface area contributed by atoms with E-state index in [1.807, 2.05) is 17.5 Å². The van der Waals surface area contributed by atoms with Crippen LogP contribution >= 0.6 is 11.3 Å². The molecule has 20 heavy (non-hydrogen) atoms. The average Bonchev–Trinajstić information content (AvgIpc) is 3.04. The number of carbonyl (C=O) groups is 2. The molecule has 0 aliphatic carbocycles. The number of aliphatic carboxylic acids is 1. The van der Waals surface area contributed by atoms with Crippen LogP contribution in [-0.4, -0.2) is 26.8 Å². The number of amides is 1. The number of thiophene rings is 1. The largest absolute Gasteiger partial charge is 0.479 e. The maximum absolute atomic E-state index is 11.7. The van der Waals surface area contributed by atoms with Crippen LogP contribution in [0.3, 0.4) is 0 Å². The van der Waals surface area contributed by atoms with Gasteiger partial charge in [0.15, 0.2) is 6.04 Å². The van der Waals surface area contributed by atoms with Gasteiger partial charge in [0.25, 0.3) is 0 Å². The molecular formula is C13H13N3O3S. The average molecular weight is 291 g/mol. The van der Waals surface area contributed by atoms with Gasteiger partial charge in [0.05, 0.1) is 6.20 Å². The predicted octanol–water partition coefficient (Wildman–Crippen LogP) is 1.44. The number of nitrogens with zero attached hydrogens (tertiary/aromatic N) is 2. The molecule has 0 aliphatic heterocycles. The van der Waals surface area contributed by atoms with Gasteiger partial charge in [0, 0.05) is 29.8 Å². The number of aromatic nitrogens is 2. The maximum Gasteiger partial charge on any atom is 0.331 e. The van der Waals surface area contributed by atoms with Gasteiger partial charge in [0.2, 0.25) is 5.91 Å². The Morgan fingerprint density at radius 1 is 1.55 bits per heavy atom. The molecule has 0 saturated carbocycles. The van der Waals surface area contributed by atoms with E-state index in [9.17, 15) is 9.59 Å². The molecule has 0 radical (unpaired) electrons. The fraction of sp³-hybridized carbons (Fsp3) is 0.154. The first-order valence-corrected chi connectivity index (χ1v) is 6.67. The Kier molecular flexibility index (Phi) is 4.31. The molecule has 2 N–H and O–H groups in total. The molecule has 0 aliphatic rings. The first-order valence-electron chi connectivity index (χ1n) is 5.79. The smallest absolute Gasteiger partial charge is 0.331 e. The topological polar surface area (TPSA) is 84.2 Å². The Hall–Kier alpha value is -2.41. The van der Waals surface area contributed by atoms with E-state index in [0.717, 1.165) is 4.88 Å². The molecule has 0 bridgehead atoms. The number of aryl methyl sites for hydroxylation is 1. The molecule has 1 unspecified atom stereocenters. The minimum Gasteiger partial charge on any atom is -0.479 e. The highest BCUT2D eigenvalue weighted by Crippen LogP contribution is 2.13. The zero-order chi connectivity index (χ0) is 14.5. The quantitative estimate of drug-likeness (QED) is 0.816. The molecule has 1 amide bonds. The van der Waals surface area contributed by atoms with Crippen molar-refractivity contribution in [1.82, 2.24) is 15.1 Å². The molecular weight excluding hydrogens is 278 g/mol. The van der Waals surface area contributed by atoms with E-state index in [1.165, 1.54) is 28.3 Å². The van der Waals surface area contributed by atoms with Gasteiger partial charge in [-0.3, -0.25) is 9.48 Å². The van der Waals surface area contributed by atoms with Gasteiger partial charge in [-0.25, -0.2) is 4.79 Å². The standard InChI is InChI=1S/C13H13N3O3S/c1-16-8-9(7-14-16)12(13(18)19)15-11(17)5-4-10-3-2-6-20-10/h2-8,12H,1H3,(H,15,17)(H,18,19)/b5-4+. The Balaban J connectivity index is 2.05. The summed E-state index contributed by atoms with van der Waals surface area (Å²) in [4.78, 5) is 23.9. The molecule has 104 valence electrons. The molecule has 0 aromatic carbocycles. The molecule has 0 spiro atoms. The molecule has 0 saturated heterocycles. The summed E-state index contributed by atoms with van der Waals surface area (Å²) in [5.41, 5.74) is 0.429. The van der Waals surface area contributed by atoms with Crippen molar-refractivity contribution >= 4 is 29.3 Å². The van der Waals surface area contributed by atoms with E-state index in [2.05, 4.69) is 10.4 Å². The lowest BCUT2D eigenvalue weighted by Gasteiger charge is -2.10. The van der Waals surface area contributed by atoms with Crippen molar-refractivity contribution in [3.63, 3.8) is 0 Å². The van der Waals surface area contributed by atoms with Crippen molar-refractivity contribution in [2.24, 2.45) is 7.05 Å². The second-order valence-electron chi connectivity index (χ2n) is 4.08. The molecule has 2 heterocycles. The van der Waals surface area contributed by atoms with Gasteiger partial charge in [-0.15, -0.1) is 11.3 Å². The van der Waals surface area contributed by atoms with Crippen molar-refractivity contribution in [3.05, 3.63) is 46.4 Å². The molecule has 2 rings (SSSR count). The normalized spacial score (nSPS) is 12.4. The van der Waals surface area contributed by atoms with Crippen molar-refractivity contribution < 1.29 is 14.7 Å². The molecule has 6 nitrogen and oxygen atoms in total. The SMILES string of the molecule is Cn1cc(C(NC(=O)/C=C/c2cccs2)C(=O)O)cn1. The minimum atomic E-state index is -1.13. The third-order valence-electron chi connectivity index (χ3n) is 2.53. The van der Waals surface area contributed by atoms with E-state index in [-0.39, 0.29) is 0 Å². The van der Waals surface area contributed by atoms with Crippen LogP contribution in [0.4, 0.5) is 0 Å². The van der Waals surface area contributed by atoms with Gasteiger partial charge < -0.3 is 10.4 Å². The molecule has 7 heteroatoms. The Morgan fingerprint density at radius 3 is 2.90 bits per heavy atom. The Morgan fingerprint density at radius 2 is 2.35 bits per heavy atom. The first-order chi connectivity index (χ1) is 9.56. The lowest BCUT2D eigenvalue weighted by Crippen LogP contribution is -2.32. The van der Waals surface area contributed by atoms with Gasteiger partial charge in [-0.1, -0.05) is 6.07 Å². The fourth-order valence-corrected chi connectivity index (χ4v) is 2.23. The first kappa shape index (κ1) is 14.0. The summed E-state index contributed by atoms with van der Waals surface area (Å²) in [6, 6.07) is 2.63. The number of rotatable bonds is 5. The van der Waals surface area contributed by atoms with E-state index in [0.29, 0.717) is 5.56 Å². The minimum absolute atomic E-state index is 0.429. The van der Waals surface area contributed by atoms with Crippen LogP contribution in [0.2, 0.25) is 0 Å². The zero-order valence-corrected chi connectivity index (χ0v) is 11.5. The van der Waals surface area contributed by atoms with Crippen LogP contribution < -0.4 is 5.32 Å². The second-order valence-corrected chi connectivity index (χ2v) is 5.06. The van der Waals surface area contributed by atoms with Gasteiger partial charge in [-0.2, -0.15) is 5.10 Å². The van der Waals surface area contributed by atoms with Crippen LogP contribution in [0, 0.1) is 0 Å². The van der Waals surface area contributed by atoms with Crippen molar-refractivity contribution in [1.29, 1.82) is 0 Å². The summed E-state index contributed by atoms with van der Waals surface area (Å²) in [7, 11) is 1.68. The molecule has 2 aromatic rings. The van der Waals surface area contributed by atoms with Crippen LogP contribution in [-0.2, 0) is 16.6 Å². The highest BCUT2D eigenvalue weighted by atomic mass is 32.1. The highest BCUT2D eigenvalue weighted by molar-refractivity contribution is 7.10. The molecule has 1 atom stereocenters. The number of carboxylic acids is 1. The second kappa shape index (κ2) is 6.16. The number of nitrogens with one attached hydrogen (secondary N) is 1. The monoisotopic (exact) mass is 291 g/mol. The van der Waals surface area contributed by atoms with Gasteiger partial charge in [-0.05, 0) is 17.5 Å². The van der Waals surface area contributed by atoms with Gasteiger partial charge in [0.1, 0.15) is 0 Å². The fourth-order valence-electron chi connectivity index (χ4n) is 1.61. The van der Waals surface area contributed by atoms with Gasteiger partial charge >= 0.3 is 5.97 Å². The number of hydrogen-bond acceptors (Lipinski definition) is 4. The van der Waals surface area contributed by atoms with Crippen molar-refractivity contribution in [2.75, 3.05) is 0 Å². The van der Waals surface area contributed by atoms with Crippen molar-refractivity contribution in [3.8, 4) is 0 Å². The van der Waals surface area contributed by atoms with E-state index in [4.69, 9.17) is 5.11 Å². The molecule has 0 fully saturated rings. The van der Waals surface area contributed by atoms with E-state index < -0.39 is 17.9 Å². The van der Waals surface area contributed by atoms with Crippen LogP contribution in [0.1, 0.15) is 16.5 Å². The van der Waals surface area contributed by atoms with Crippen LogP contribution in [0.5, 0.6) is 0 Å². The summed E-state index contributed by atoms with van der Waals surface area (Å²) in [6.45, 7) is 0. The summed E-state index contributed by atoms with van der Waals surface area (Å²) in [5.74, 6) is -1.59. The lowest BCUT2D eigenvalue weighted by atomic mass is 10.1. The third kappa shape index (κ3) is 3.55.